The summed E-state index contributed by atoms with van der Waals surface area (Å²) < 4.78 is 12.8. The average Bonchev–Trinajstić information content (AvgIpc) is 2.20. The largest absolute Gasteiger partial charge is 0.294 e. The zero-order valence-corrected chi connectivity index (χ0v) is 8.85. The van der Waals surface area contributed by atoms with Crippen LogP contribution in [0.2, 0.25) is 5.02 Å². The first-order valence-corrected chi connectivity index (χ1v) is 5.25. The van der Waals surface area contributed by atoms with Crippen LogP contribution in [0.25, 0.3) is 5.57 Å². The molecule has 0 atom stereocenters. The third-order valence-corrected chi connectivity index (χ3v) is 2.79. The van der Waals surface area contributed by atoms with Gasteiger partial charge < -0.3 is 0 Å². The molecule has 0 N–H and O–H groups in total. The summed E-state index contributed by atoms with van der Waals surface area (Å²) >= 11 is 5.90. The van der Waals surface area contributed by atoms with Crippen LogP contribution in [0, 0.1) is 5.82 Å². The van der Waals surface area contributed by atoms with Gasteiger partial charge in [0, 0.05) is 17.6 Å². The second-order valence-electron chi connectivity index (χ2n) is 3.56. The van der Waals surface area contributed by atoms with Crippen LogP contribution in [0.4, 0.5) is 4.39 Å². The summed E-state index contributed by atoms with van der Waals surface area (Å²) in [6, 6.07) is 4.12. The molecule has 0 aliphatic heterocycles. The van der Waals surface area contributed by atoms with Crippen molar-refractivity contribution in [3.63, 3.8) is 0 Å². The number of allylic oxidation sites excluding steroid dienone is 2. The number of hydrogen-bond donors (Lipinski definition) is 0. The van der Waals surface area contributed by atoms with Crippen molar-refractivity contribution in [1.29, 1.82) is 0 Å². The molecular formula is C12H10ClFO. The Labute approximate surface area is 92.6 Å². The van der Waals surface area contributed by atoms with Crippen molar-refractivity contribution in [2.75, 3.05) is 0 Å². The Morgan fingerprint density at radius 1 is 1.33 bits per heavy atom. The van der Waals surface area contributed by atoms with Gasteiger partial charge in [-0.15, -0.1) is 0 Å². The summed E-state index contributed by atoms with van der Waals surface area (Å²) in [6.07, 6.45) is 4.21. The van der Waals surface area contributed by atoms with Crippen LogP contribution in [-0.4, -0.2) is 5.78 Å². The van der Waals surface area contributed by atoms with E-state index in [2.05, 4.69) is 0 Å². The first kappa shape index (κ1) is 10.4. The first-order valence-electron chi connectivity index (χ1n) is 4.87. The Kier molecular flexibility index (Phi) is 2.87. The molecule has 1 aromatic carbocycles. The third-order valence-electron chi connectivity index (χ3n) is 2.48. The van der Waals surface area contributed by atoms with Gasteiger partial charge in [0.1, 0.15) is 5.82 Å². The highest BCUT2D eigenvalue weighted by atomic mass is 35.5. The summed E-state index contributed by atoms with van der Waals surface area (Å²) in [5.41, 5.74) is 1.27. The summed E-state index contributed by atoms with van der Waals surface area (Å²) in [7, 11) is 0. The Morgan fingerprint density at radius 2 is 2.13 bits per heavy atom. The molecule has 15 heavy (non-hydrogen) atoms. The van der Waals surface area contributed by atoms with Crippen molar-refractivity contribution in [3.05, 3.63) is 40.7 Å². The molecule has 0 unspecified atom stereocenters. The molecule has 78 valence electrons. The Bertz CT molecular complexity index is 437. The van der Waals surface area contributed by atoms with Crippen molar-refractivity contribution < 1.29 is 9.18 Å². The molecule has 1 aliphatic carbocycles. The van der Waals surface area contributed by atoms with Crippen LogP contribution in [0.15, 0.2) is 24.3 Å². The number of hydrogen-bond acceptors (Lipinski definition) is 1. The fraction of sp³-hybridized carbons (Fsp3) is 0.250. The lowest BCUT2D eigenvalue weighted by Crippen LogP contribution is -2.06. The standard InChI is InChI=1S/C12H10ClFO/c13-11-7-8(14)5-6-9(11)10-3-1-2-4-12(10)15/h3,5-7H,1-2,4H2. The normalized spacial score (nSPS) is 16.4. The minimum atomic E-state index is -0.382. The van der Waals surface area contributed by atoms with Crippen LogP contribution in [0.5, 0.6) is 0 Å². The molecule has 1 aliphatic rings. The second kappa shape index (κ2) is 4.15. The number of halogens is 2. The highest BCUT2D eigenvalue weighted by Gasteiger charge is 2.17. The highest BCUT2D eigenvalue weighted by molar-refractivity contribution is 6.35. The maximum absolute atomic E-state index is 12.8. The lowest BCUT2D eigenvalue weighted by Gasteiger charge is -2.12. The zero-order chi connectivity index (χ0) is 10.8. The molecule has 1 nitrogen and oxygen atoms in total. The first-order chi connectivity index (χ1) is 7.18. The number of rotatable bonds is 1. The van der Waals surface area contributed by atoms with Crippen molar-refractivity contribution in [3.8, 4) is 0 Å². The quantitative estimate of drug-likeness (QED) is 0.712. The van der Waals surface area contributed by atoms with Crippen LogP contribution in [0.1, 0.15) is 24.8 Å². The number of carbonyl (C=O) groups is 1. The predicted octanol–water partition coefficient (Wildman–Crippen LogP) is 3.62. The summed E-state index contributed by atoms with van der Waals surface area (Å²) in [5, 5.41) is 0.302. The molecule has 0 fully saturated rings. The lowest BCUT2D eigenvalue weighted by atomic mass is 9.92. The van der Waals surface area contributed by atoms with Gasteiger partial charge in [0.2, 0.25) is 0 Å². The van der Waals surface area contributed by atoms with Gasteiger partial charge in [-0.2, -0.15) is 0 Å². The van der Waals surface area contributed by atoms with Crippen LogP contribution < -0.4 is 0 Å². The fourth-order valence-corrected chi connectivity index (χ4v) is 1.99. The molecule has 0 saturated carbocycles. The summed E-state index contributed by atoms with van der Waals surface area (Å²) in [6.45, 7) is 0. The van der Waals surface area contributed by atoms with E-state index in [1.807, 2.05) is 6.08 Å². The molecular weight excluding hydrogens is 215 g/mol. The monoisotopic (exact) mass is 224 g/mol. The fourth-order valence-electron chi connectivity index (χ4n) is 1.73. The number of benzene rings is 1. The molecule has 1 aromatic rings. The SMILES string of the molecule is O=C1CCCC=C1c1ccc(F)cc1Cl. The van der Waals surface area contributed by atoms with E-state index in [0.29, 0.717) is 22.6 Å². The molecule has 0 spiro atoms. The van der Waals surface area contributed by atoms with Crippen LogP contribution >= 0.6 is 11.6 Å². The number of Topliss-reactive ketones (excluding diaryl/α,β-unsaturated/α-hetero) is 1. The van der Waals surface area contributed by atoms with Crippen molar-refractivity contribution in [2.24, 2.45) is 0 Å². The van der Waals surface area contributed by atoms with Gasteiger partial charge in [0.05, 0.1) is 5.02 Å². The Hall–Kier alpha value is -1.15. The number of ketones is 1. The van der Waals surface area contributed by atoms with Crippen molar-refractivity contribution in [2.45, 2.75) is 19.3 Å². The van der Waals surface area contributed by atoms with Gasteiger partial charge >= 0.3 is 0 Å². The zero-order valence-electron chi connectivity index (χ0n) is 8.09. The number of carbonyl (C=O) groups excluding carboxylic acids is 1. The molecule has 0 radical (unpaired) electrons. The van der Waals surface area contributed by atoms with Crippen molar-refractivity contribution >= 4 is 23.0 Å². The van der Waals surface area contributed by atoms with E-state index < -0.39 is 0 Å². The van der Waals surface area contributed by atoms with Gasteiger partial charge in [-0.1, -0.05) is 17.7 Å². The van der Waals surface area contributed by atoms with Crippen LogP contribution in [-0.2, 0) is 4.79 Å². The minimum absolute atomic E-state index is 0.0924. The third kappa shape index (κ3) is 2.10. The van der Waals surface area contributed by atoms with E-state index in [9.17, 15) is 9.18 Å². The van der Waals surface area contributed by atoms with E-state index in [4.69, 9.17) is 11.6 Å². The molecule has 0 aromatic heterocycles. The van der Waals surface area contributed by atoms with Gasteiger partial charge in [-0.25, -0.2) is 4.39 Å². The average molecular weight is 225 g/mol. The van der Waals surface area contributed by atoms with E-state index in [1.165, 1.54) is 12.1 Å². The van der Waals surface area contributed by atoms with Gasteiger partial charge in [-0.05, 0) is 31.0 Å². The maximum Gasteiger partial charge on any atom is 0.163 e. The summed E-state index contributed by atoms with van der Waals surface area (Å²) in [4.78, 5) is 11.6. The molecule has 0 amide bonds. The van der Waals surface area contributed by atoms with E-state index >= 15 is 0 Å². The topological polar surface area (TPSA) is 17.1 Å². The summed E-state index contributed by atoms with van der Waals surface area (Å²) in [5.74, 6) is -0.289. The molecule has 0 bridgehead atoms. The Morgan fingerprint density at radius 3 is 2.80 bits per heavy atom. The highest BCUT2D eigenvalue weighted by Crippen LogP contribution is 2.29. The molecule has 0 heterocycles. The predicted molar refractivity (Wildman–Crippen MR) is 58.2 cm³/mol. The molecule has 3 heteroatoms. The minimum Gasteiger partial charge on any atom is -0.294 e. The van der Waals surface area contributed by atoms with E-state index in [0.717, 1.165) is 12.8 Å². The second-order valence-corrected chi connectivity index (χ2v) is 3.96. The van der Waals surface area contributed by atoms with E-state index in [1.54, 1.807) is 6.07 Å². The van der Waals surface area contributed by atoms with E-state index in [-0.39, 0.29) is 11.6 Å². The van der Waals surface area contributed by atoms with Crippen molar-refractivity contribution in [1.82, 2.24) is 0 Å². The van der Waals surface area contributed by atoms with Gasteiger partial charge in [0.25, 0.3) is 0 Å². The smallest absolute Gasteiger partial charge is 0.163 e. The van der Waals surface area contributed by atoms with Crippen LogP contribution in [0.3, 0.4) is 0 Å². The maximum atomic E-state index is 12.8. The van der Waals surface area contributed by atoms with Gasteiger partial charge in [-0.3, -0.25) is 4.79 Å². The molecule has 0 saturated heterocycles. The van der Waals surface area contributed by atoms with Gasteiger partial charge in [0.15, 0.2) is 5.78 Å². The lowest BCUT2D eigenvalue weighted by molar-refractivity contribution is -0.114. The Balaban J connectivity index is 2.45. The molecule has 2 rings (SSSR count).